The van der Waals surface area contributed by atoms with Crippen LogP contribution in [0, 0.1) is 5.82 Å². The van der Waals surface area contributed by atoms with Gasteiger partial charge in [-0.05, 0) is 53.7 Å². The van der Waals surface area contributed by atoms with E-state index in [4.69, 9.17) is 14.2 Å². The number of hydrogen-bond acceptors (Lipinski definition) is 8. The molecule has 1 aromatic carbocycles. The first-order valence-corrected chi connectivity index (χ1v) is 13.3. The Kier molecular flexibility index (Phi) is 9.34. The van der Waals surface area contributed by atoms with Crippen molar-refractivity contribution in [1.82, 2.24) is 20.1 Å². The first kappa shape index (κ1) is 31.4. The predicted molar refractivity (Wildman–Crippen MR) is 144 cm³/mol. The number of cyclic esters (lactones) is 1. The highest BCUT2D eigenvalue weighted by atomic mass is 19.1. The number of hydrazine groups is 1. The molecule has 0 bridgehead atoms. The van der Waals surface area contributed by atoms with Gasteiger partial charge in [-0.2, -0.15) is 0 Å². The van der Waals surface area contributed by atoms with Crippen molar-refractivity contribution < 1.29 is 42.6 Å². The number of nitrogens with one attached hydrogen (secondary N) is 1. The number of nitrogens with zero attached hydrogens (tertiary/aromatic N) is 4. The molecular formula is C27H38FN5O8. The minimum absolute atomic E-state index is 0.0310. The van der Waals surface area contributed by atoms with Crippen molar-refractivity contribution in [3.63, 3.8) is 0 Å². The van der Waals surface area contributed by atoms with E-state index in [1.165, 1.54) is 30.0 Å². The lowest BCUT2D eigenvalue weighted by Crippen LogP contribution is -2.65. The number of carbonyl (C=O) groups is 5. The zero-order valence-electron chi connectivity index (χ0n) is 24.4. The Morgan fingerprint density at radius 1 is 1.00 bits per heavy atom. The maximum Gasteiger partial charge on any atom is 0.429 e. The Bertz CT molecular complexity index is 1180. The summed E-state index contributed by atoms with van der Waals surface area (Å²) in [5, 5.41) is 4.27. The Morgan fingerprint density at radius 2 is 1.61 bits per heavy atom. The van der Waals surface area contributed by atoms with Crippen LogP contribution in [0.4, 0.5) is 24.5 Å². The van der Waals surface area contributed by atoms with Crippen molar-refractivity contribution in [2.75, 3.05) is 37.7 Å². The minimum atomic E-state index is -1.38. The maximum atomic E-state index is 15.1. The number of carbonyl (C=O) groups excluding carboxylic acids is 5. The topological polar surface area (TPSA) is 138 Å². The van der Waals surface area contributed by atoms with Crippen LogP contribution in [-0.2, 0) is 23.8 Å². The van der Waals surface area contributed by atoms with Crippen LogP contribution in [0.1, 0.15) is 48.5 Å². The number of ether oxygens (including phenoxy) is 3. The molecule has 14 heteroatoms. The summed E-state index contributed by atoms with van der Waals surface area (Å²) in [4.78, 5) is 67.2. The zero-order chi connectivity index (χ0) is 30.7. The molecule has 41 heavy (non-hydrogen) atoms. The first-order chi connectivity index (χ1) is 19.0. The van der Waals surface area contributed by atoms with Crippen LogP contribution in [0.2, 0.25) is 0 Å². The second-order valence-corrected chi connectivity index (χ2v) is 11.7. The van der Waals surface area contributed by atoms with E-state index < -0.39 is 53.4 Å². The number of piperazine rings is 1. The van der Waals surface area contributed by atoms with Crippen LogP contribution in [0.15, 0.2) is 24.3 Å². The molecule has 2 aliphatic heterocycles. The fourth-order valence-electron chi connectivity index (χ4n) is 4.19. The van der Waals surface area contributed by atoms with Crippen LogP contribution >= 0.6 is 0 Å². The van der Waals surface area contributed by atoms with Crippen molar-refractivity contribution >= 4 is 35.8 Å². The molecule has 2 atom stereocenters. The van der Waals surface area contributed by atoms with Crippen molar-refractivity contribution in [3.8, 4) is 0 Å². The molecule has 3 rings (SSSR count). The fourth-order valence-corrected chi connectivity index (χ4v) is 4.19. The lowest BCUT2D eigenvalue weighted by atomic mass is 10.1. The molecule has 1 unspecified atom stereocenters. The summed E-state index contributed by atoms with van der Waals surface area (Å²) in [7, 11) is 0. The summed E-state index contributed by atoms with van der Waals surface area (Å²) in [6.07, 6.45) is -3.31. The molecule has 2 heterocycles. The van der Waals surface area contributed by atoms with Crippen LogP contribution in [0.25, 0.3) is 0 Å². The first-order valence-electron chi connectivity index (χ1n) is 13.3. The highest BCUT2D eigenvalue weighted by molar-refractivity contribution is 6.01. The minimum Gasteiger partial charge on any atom is -0.444 e. The molecule has 0 saturated carbocycles. The molecule has 2 saturated heterocycles. The van der Waals surface area contributed by atoms with Crippen LogP contribution in [0.5, 0.6) is 0 Å². The Hall–Kier alpha value is -4.10. The maximum absolute atomic E-state index is 15.1. The van der Waals surface area contributed by atoms with E-state index in [-0.39, 0.29) is 44.3 Å². The number of para-hydroxylation sites is 1. The molecule has 0 radical (unpaired) electrons. The normalized spacial score (nSPS) is 19.4. The van der Waals surface area contributed by atoms with Crippen LogP contribution < -0.4 is 10.3 Å². The van der Waals surface area contributed by atoms with Crippen molar-refractivity contribution in [2.24, 2.45) is 0 Å². The quantitative estimate of drug-likeness (QED) is 0.526. The van der Waals surface area contributed by atoms with Gasteiger partial charge in [0.15, 0.2) is 0 Å². The summed E-state index contributed by atoms with van der Waals surface area (Å²) in [5.74, 6) is -2.05. The molecule has 1 aromatic rings. The Morgan fingerprint density at radius 3 is 2.20 bits per heavy atom. The number of amides is 5. The van der Waals surface area contributed by atoms with Gasteiger partial charge in [-0.3, -0.25) is 14.5 Å². The summed E-state index contributed by atoms with van der Waals surface area (Å²) in [6.45, 7) is 10.8. The van der Waals surface area contributed by atoms with Gasteiger partial charge in [0.05, 0.1) is 19.6 Å². The van der Waals surface area contributed by atoms with Crippen LogP contribution in [-0.4, -0.2) is 101 Å². The Balaban J connectivity index is 2.01. The van der Waals surface area contributed by atoms with Crippen molar-refractivity contribution in [1.29, 1.82) is 0 Å². The monoisotopic (exact) mass is 579 g/mol. The van der Waals surface area contributed by atoms with Gasteiger partial charge in [0.25, 0.3) is 5.91 Å². The fraction of sp³-hybridized carbons (Fsp3) is 0.593. The number of anilines is 1. The Labute approximate surface area is 238 Å². The third-order valence-electron chi connectivity index (χ3n) is 5.91. The van der Waals surface area contributed by atoms with Gasteiger partial charge in [-0.25, -0.2) is 28.8 Å². The average Bonchev–Trinajstić information content (AvgIpc) is 3.21. The van der Waals surface area contributed by atoms with Gasteiger partial charge in [-0.15, -0.1) is 0 Å². The third-order valence-corrected chi connectivity index (χ3v) is 5.91. The lowest BCUT2D eigenvalue weighted by Gasteiger charge is -2.43. The van der Waals surface area contributed by atoms with E-state index in [2.05, 4.69) is 5.32 Å². The predicted octanol–water partition coefficient (Wildman–Crippen LogP) is 2.89. The molecule has 13 nitrogen and oxygen atoms in total. The van der Waals surface area contributed by atoms with Gasteiger partial charge in [0.2, 0.25) is 5.91 Å². The number of rotatable bonds is 5. The highest BCUT2D eigenvalue weighted by Crippen LogP contribution is 2.28. The van der Waals surface area contributed by atoms with Gasteiger partial charge >= 0.3 is 18.3 Å². The zero-order valence-corrected chi connectivity index (χ0v) is 24.4. The van der Waals surface area contributed by atoms with Gasteiger partial charge in [0, 0.05) is 20.0 Å². The summed E-state index contributed by atoms with van der Waals surface area (Å²) < 4.78 is 31.5. The molecule has 2 aliphatic rings. The highest BCUT2D eigenvalue weighted by Gasteiger charge is 2.46. The van der Waals surface area contributed by atoms with E-state index in [1.54, 1.807) is 41.5 Å². The van der Waals surface area contributed by atoms with Crippen molar-refractivity contribution in [3.05, 3.63) is 30.1 Å². The van der Waals surface area contributed by atoms with Crippen molar-refractivity contribution in [2.45, 2.75) is 71.8 Å². The molecule has 0 aliphatic carbocycles. The smallest absolute Gasteiger partial charge is 0.429 e. The molecule has 2 fully saturated rings. The van der Waals surface area contributed by atoms with Gasteiger partial charge in [0.1, 0.15) is 34.9 Å². The number of halogens is 1. The summed E-state index contributed by atoms with van der Waals surface area (Å²) in [6, 6.07) is 3.93. The lowest BCUT2D eigenvalue weighted by molar-refractivity contribution is -0.128. The van der Waals surface area contributed by atoms with E-state index >= 15 is 4.39 Å². The van der Waals surface area contributed by atoms with E-state index in [0.717, 1.165) is 21.0 Å². The third kappa shape index (κ3) is 8.21. The van der Waals surface area contributed by atoms with Gasteiger partial charge in [-0.1, -0.05) is 12.1 Å². The second kappa shape index (κ2) is 12.2. The van der Waals surface area contributed by atoms with E-state index in [1.807, 2.05) is 0 Å². The second-order valence-electron chi connectivity index (χ2n) is 11.7. The van der Waals surface area contributed by atoms with E-state index in [9.17, 15) is 24.0 Å². The standard InChI is InChI=1S/C27H38FN5O8/c1-17(34)29-14-18-15-32(25(38)39-18)33(20-11-9-8-10-19(20)28)22(35)21-16-30(23(36)40-26(2,3)4)12-13-31(21)24(37)41-27(5,6)7/h8-11,18,21H,12-16H2,1-7H3,(H,29,34)/t18-,21?/m0/s1. The summed E-state index contributed by atoms with van der Waals surface area (Å²) >= 11 is 0. The molecule has 226 valence electrons. The number of benzene rings is 1. The molecule has 1 N–H and O–H groups in total. The molecule has 0 aromatic heterocycles. The van der Waals surface area contributed by atoms with E-state index in [0.29, 0.717) is 0 Å². The summed E-state index contributed by atoms with van der Waals surface area (Å²) in [5.41, 5.74) is -1.98. The average molecular weight is 580 g/mol. The largest absolute Gasteiger partial charge is 0.444 e. The molecule has 0 spiro atoms. The molecule has 5 amide bonds. The SMILES string of the molecule is CC(=O)NC[C@H]1CN(N(C(=O)C2CN(C(=O)OC(C)(C)C)CCN2C(=O)OC(C)(C)C)c2ccccc2F)C(=O)O1. The van der Waals surface area contributed by atoms with Gasteiger partial charge < -0.3 is 24.4 Å². The number of hydrogen-bond donors (Lipinski definition) is 1. The van der Waals surface area contributed by atoms with Crippen LogP contribution in [0.3, 0.4) is 0 Å². The molecular weight excluding hydrogens is 541 g/mol.